The van der Waals surface area contributed by atoms with Crippen LogP contribution in [-0.4, -0.2) is 32.1 Å². The number of carbonyl (C=O) groups excluding carboxylic acids is 2. The number of carbonyl (C=O) groups is 2. The number of rotatable bonds is 7. The van der Waals surface area contributed by atoms with Crippen molar-refractivity contribution in [1.29, 1.82) is 0 Å². The molecule has 28 heavy (non-hydrogen) atoms. The van der Waals surface area contributed by atoms with Crippen LogP contribution < -0.4 is 19.7 Å². The molecule has 1 aliphatic heterocycles. The number of fused-ring (bicyclic) bond motifs is 1. The summed E-state index contributed by atoms with van der Waals surface area (Å²) in [5.74, 6) is 0.828. The van der Waals surface area contributed by atoms with E-state index in [0.717, 1.165) is 18.4 Å². The first-order valence-electron chi connectivity index (χ1n) is 9.31. The van der Waals surface area contributed by atoms with Gasteiger partial charge in [-0.3, -0.25) is 14.5 Å². The quantitative estimate of drug-likeness (QED) is 0.585. The largest absolute Gasteiger partial charge is 0.493 e. The fourth-order valence-electron chi connectivity index (χ4n) is 2.92. The van der Waals surface area contributed by atoms with Gasteiger partial charge in [0.2, 0.25) is 5.91 Å². The zero-order valence-electron chi connectivity index (χ0n) is 16.1. The zero-order valence-corrected chi connectivity index (χ0v) is 16.1. The third kappa shape index (κ3) is 4.52. The van der Waals surface area contributed by atoms with Crippen LogP contribution in [-0.2, 0) is 9.59 Å². The monoisotopic (exact) mass is 380 g/mol. The van der Waals surface area contributed by atoms with E-state index in [4.69, 9.17) is 9.47 Å². The second-order valence-electron chi connectivity index (χ2n) is 6.44. The molecule has 1 N–H and O–H groups in total. The van der Waals surface area contributed by atoms with E-state index in [1.54, 1.807) is 19.3 Å². The molecular formula is C22H24N2O4. The maximum atomic E-state index is 12.7. The predicted molar refractivity (Wildman–Crippen MR) is 110 cm³/mol. The number of hydrogen-bond donors (Lipinski definition) is 1. The fourth-order valence-corrected chi connectivity index (χ4v) is 2.92. The van der Waals surface area contributed by atoms with Crippen molar-refractivity contribution in [2.75, 3.05) is 30.5 Å². The second kappa shape index (κ2) is 9.08. The highest BCUT2D eigenvalue weighted by Crippen LogP contribution is 2.30. The lowest BCUT2D eigenvalue weighted by Gasteiger charge is -2.28. The summed E-state index contributed by atoms with van der Waals surface area (Å²) in [6.07, 6.45) is 5.20. The summed E-state index contributed by atoms with van der Waals surface area (Å²) in [4.78, 5) is 26.0. The average molecular weight is 380 g/mol. The Morgan fingerprint density at radius 2 is 2.04 bits per heavy atom. The standard InChI is InChI=1S/C22H24N2O4/c1-3-4-13-28-19-11-9-16(14-20(19)27-2)10-12-22(26)24-15-21(25)23-17-7-5-6-8-18(17)24/h5-12,14H,3-4,13,15H2,1-2H3,(H,23,25). The first-order chi connectivity index (χ1) is 13.6. The summed E-state index contributed by atoms with van der Waals surface area (Å²) in [7, 11) is 1.59. The maximum Gasteiger partial charge on any atom is 0.251 e. The Bertz CT molecular complexity index is 892. The van der Waals surface area contributed by atoms with Gasteiger partial charge in [-0.1, -0.05) is 31.5 Å². The predicted octanol–water partition coefficient (Wildman–Crippen LogP) is 3.87. The third-order valence-corrected chi connectivity index (χ3v) is 4.40. The first-order valence-corrected chi connectivity index (χ1v) is 9.31. The summed E-state index contributed by atoms with van der Waals surface area (Å²) in [6.45, 7) is 2.74. The number of nitrogens with zero attached hydrogens (tertiary/aromatic N) is 1. The Morgan fingerprint density at radius 3 is 2.82 bits per heavy atom. The van der Waals surface area contributed by atoms with E-state index in [0.29, 0.717) is 29.5 Å². The molecule has 0 spiro atoms. The molecule has 3 rings (SSSR count). The van der Waals surface area contributed by atoms with Gasteiger partial charge in [-0.05, 0) is 42.3 Å². The fraction of sp³-hybridized carbons (Fsp3) is 0.273. The van der Waals surface area contributed by atoms with Gasteiger partial charge in [-0.2, -0.15) is 0 Å². The molecule has 2 amide bonds. The lowest BCUT2D eigenvalue weighted by Crippen LogP contribution is -2.41. The van der Waals surface area contributed by atoms with Crippen molar-refractivity contribution in [3.63, 3.8) is 0 Å². The van der Waals surface area contributed by atoms with Crippen LogP contribution >= 0.6 is 0 Å². The van der Waals surface area contributed by atoms with Crippen LogP contribution in [0.15, 0.2) is 48.5 Å². The smallest absolute Gasteiger partial charge is 0.251 e. The van der Waals surface area contributed by atoms with Crippen molar-refractivity contribution in [2.45, 2.75) is 19.8 Å². The van der Waals surface area contributed by atoms with Gasteiger partial charge in [0.1, 0.15) is 6.54 Å². The molecule has 0 unspecified atom stereocenters. The molecule has 0 bridgehead atoms. The van der Waals surface area contributed by atoms with E-state index in [1.165, 1.54) is 11.0 Å². The average Bonchev–Trinajstić information content (AvgIpc) is 2.72. The summed E-state index contributed by atoms with van der Waals surface area (Å²) in [6, 6.07) is 12.8. The molecule has 0 radical (unpaired) electrons. The summed E-state index contributed by atoms with van der Waals surface area (Å²) in [5.41, 5.74) is 2.13. The molecular weight excluding hydrogens is 356 g/mol. The van der Waals surface area contributed by atoms with E-state index in [-0.39, 0.29) is 18.4 Å². The minimum Gasteiger partial charge on any atom is -0.493 e. The number of amides is 2. The molecule has 2 aromatic rings. The number of para-hydroxylation sites is 2. The topological polar surface area (TPSA) is 67.9 Å². The third-order valence-electron chi connectivity index (χ3n) is 4.40. The summed E-state index contributed by atoms with van der Waals surface area (Å²) in [5, 5.41) is 2.77. The van der Waals surface area contributed by atoms with Crippen LogP contribution in [0, 0.1) is 0 Å². The van der Waals surface area contributed by atoms with Crippen LogP contribution in [0.2, 0.25) is 0 Å². The molecule has 0 saturated heterocycles. The van der Waals surface area contributed by atoms with E-state index >= 15 is 0 Å². The van der Waals surface area contributed by atoms with E-state index in [1.807, 2.05) is 36.4 Å². The van der Waals surface area contributed by atoms with Gasteiger partial charge >= 0.3 is 0 Å². The summed E-state index contributed by atoms with van der Waals surface area (Å²) >= 11 is 0. The molecule has 6 nitrogen and oxygen atoms in total. The van der Waals surface area contributed by atoms with Crippen molar-refractivity contribution < 1.29 is 19.1 Å². The molecule has 0 aromatic heterocycles. The van der Waals surface area contributed by atoms with Crippen molar-refractivity contribution in [1.82, 2.24) is 0 Å². The highest BCUT2D eigenvalue weighted by atomic mass is 16.5. The van der Waals surface area contributed by atoms with Gasteiger partial charge in [-0.25, -0.2) is 0 Å². The highest BCUT2D eigenvalue weighted by molar-refractivity contribution is 6.13. The van der Waals surface area contributed by atoms with Crippen LogP contribution in [0.4, 0.5) is 11.4 Å². The second-order valence-corrected chi connectivity index (χ2v) is 6.44. The van der Waals surface area contributed by atoms with Crippen molar-refractivity contribution in [2.24, 2.45) is 0 Å². The lowest BCUT2D eigenvalue weighted by atomic mass is 10.1. The van der Waals surface area contributed by atoms with Crippen LogP contribution in [0.25, 0.3) is 6.08 Å². The molecule has 1 aliphatic rings. The first kappa shape index (κ1) is 19.5. The zero-order chi connectivity index (χ0) is 19.9. The van der Waals surface area contributed by atoms with Gasteiger partial charge in [-0.15, -0.1) is 0 Å². The Morgan fingerprint density at radius 1 is 1.21 bits per heavy atom. The Kier molecular flexibility index (Phi) is 6.32. The van der Waals surface area contributed by atoms with Gasteiger partial charge in [0.25, 0.3) is 5.91 Å². The maximum absolute atomic E-state index is 12.7. The van der Waals surface area contributed by atoms with Crippen molar-refractivity contribution in [3.05, 3.63) is 54.1 Å². The molecule has 0 saturated carbocycles. The van der Waals surface area contributed by atoms with Gasteiger partial charge < -0.3 is 14.8 Å². The SMILES string of the molecule is CCCCOc1ccc(C=CC(=O)N2CC(=O)Nc3ccccc32)cc1OC. The van der Waals surface area contributed by atoms with Crippen LogP contribution in [0.1, 0.15) is 25.3 Å². The van der Waals surface area contributed by atoms with Crippen molar-refractivity contribution >= 4 is 29.3 Å². The van der Waals surface area contributed by atoms with Gasteiger partial charge in [0.05, 0.1) is 25.1 Å². The van der Waals surface area contributed by atoms with Crippen LogP contribution in [0.3, 0.4) is 0 Å². The number of nitrogens with one attached hydrogen (secondary N) is 1. The molecule has 146 valence electrons. The Labute approximate surface area is 164 Å². The number of benzene rings is 2. The van der Waals surface area contributed by atoms with E-state index in [2.05, 4.69) is 12.2 Å². The molecule has 0 atom stereocenters. The lowest BCUT2D eigenvalue weighted by molar-refractivity contribution is -0.119. The van der Waals surface area contributed by atoms with Gasteiger partial charge in [0.15, 0.2) is 11.5 Å². The minimum atomic E-state index is -0.260. The Hall–Kier alpha value is -3.28. The summed E-state index contributed by atoms with van der Waals surface area (Å²) < 4.78 is 11.1. The molecule has 0 fully saturated rings. The van der Waals surface area contributed by atoms with E-state index < -0.39 is 0 Å². The Balaban J connectivity index is 1.75. The number of anilines is 2. The minimum absolute atomic E-state index is 0.00624. The molecule has 1 heterocycles. The number of ether oxygens (including phenoxy) is 2. The number of methoxy groups -OCH3 is 1. The molecule has 6 heteroatoms. The highest BCUT2D eigenvalue weighted by Gasteiger charge is 2.25. The van der Waals surface area contributed by atoms with Crippen LogP contribution in [0.5, 0.6) is 11.5 Å². The number of hydrogen-bond acceptors (Lipinski definition) is 4. The molecule has 0 aliphatic carbocycles. The van der Waals surface area contributed by atoms with E-state index in [9.17, 15) is 9.59 Å². The number of unbranched alkanes of at least 4 members (excludes halogenated alkanes) is 1. The van der Waals surface area contributed by atoms with Crippen molar-refractivity contribution in [3.8, 4) is 11.5 Å². The molecule has 2 aromatic carbocycles. The normalized spacial score (nSPS) is 13.2. The van der Waals surface area contributed by atoms with Gasteiger partial charge in [0, 0.05) is 6.08 Å².